The van der Waals surface area contributed by atoms with Gasteiger partial charge in [0.25, 0.3) is 0 Å². The highest BCUT2D eigenvalue weighted by Crippen LogP contribution is 2.33. The molecule has 5 nitrogen and oxygen atoms in total. The Hall–Kier alpha value is -2.01. The van der Waals surface area contributed by atoms with Crippen molar-refractivity contribution in [1.82, 2.24) is 9.78 Å². The van der Waals surface area contributed by atoms with Gasteiger partial charge in [0.15, 0.2) is 0 Å². The predicted octanol–water partition coefficient (Wildman–Crippen LogP) is 2.53. The van der Waals surface area contributed by atoms with Crippen molar-refractivity contribution in [3.05, 3.63) is 45.7 Å². The van der Waals surface area contributed by atoms with Crippen LogP contribution in [0.3, 0.4) is 0 Å². The Kier molecular flexibility index (Phi) is 3.14. The first-order chi connectivity index (χ1) is 9.54. The topological polar surface area (TPSA) is 64.4 Å². The van der Waals surface area contributed by atoms with E-state index in [-0.39, 0.29) is 5.56 Å². The van der Waals surface area contributed by atoms with E-state index in [0.29, 0.717) is 23.9 Å². The molecule has 0 aliphatic carbocycles. The molecule has 1 N–H and O–H groups in total. The van der Waals surface area contributed by atoms with Gasteiger partial charge in [0, 0.05) is 23.2 Å². The molecule has 6 heteroatoms. The normalized spacial score (nSPS) is 13.1. The first-order valence-corrected chi connectivity index (χ1v) is 6.64. The number of fused-ring (bicyclic) bond motifs is 1. The summed E-state index contributed by atoms with van der Waals surface area (Å²) in [6.07, 6.45) is 2.38. The zero-order valence-corrected chi connectivity index (χ0v) is 11.6. The van der Waals surface area contributed by atoms with E-state index in [1.54, 1.807) is 11.6 Å². The number of ether oxygens (including phenoxy) is 1. The molecule has 0 unspecified atom stereocenters. The van der Waals surface area contributed by atoms with Crippen LogP contribution in [0, 0.1) is 6.92 Å². The van der Waals surface area contributed by atoms with Crippen molar-refractivity contribution in [2.75, 3.05) is 6.61 Å². The van der Waals surface area contributed by atoms with Crippen molar-refractivity contribution >= 4 is 17.6 Å². The summed E-state index contributed by atoms with van der Waals surface area (Å²) in [6.45, 7) is 2.77. The van der Waals surface area contributed by atoms with Crippen LogP contribution in [0.4, 0.5) is 0 Å². The second-order valence-corrected chi connectivity index (χ2v) is 5.22. The molecule has 1 aliphatic heterocycles. The lowest BCUT2D eigenvalue weighted by Gasteiger charge is -2.09. The minimum absolute atomic E-state index is 0.213. The van der Waals surface area contributed by atoms with Crippen LogP contribution in [-0.2, 0) is 13.0 Å². The average Bonchev–Trinajstić information content (AvgIpc) is 2.95. The average molecular weight is 293 g/mol. The second-order valence-electron chi connectivity index (χ2n) is 4.78. The Bertz CT molecular complexity index is 694. The quantitative estimate of drug-likeness (QED) is 0.944. The highest BCUT2D eigenvalue weighted by atomic mass is 35.5. The van der Waals surface area contributed by atoms with E-state index in [9.17, 15) is 4.79 Å². The van der Waals surface area contributed by atoms with Crippen LogP contribution in [0.15, 0.2) is 18.3 Å². The fourth-order valence-electron chi connectivity index (χ4n) is 2.45. The van der Waals surface area contributed by atoms with Crippen molar-refractivity contribution in [3.8, 4) is 5.75 Å². The summed E-state index contributed by atoms with van der Waals surface area (Å²) in [4.78, 5) is 11.0. The van der Waals surface area contributed by atoms with E-state index in [2.05, 4.69) is 5.10 Å². The van der Waals surface area contributed by atoms with Gasteiger partial charge in [0.05, 0.1) is 18.8 Å². The number of nitrogens with zero attached hydrogens (tertiary/aromatic N) is 2. The number of benzene rings is 1. The Morgan fingerprint density at radius 1 is 1.55 bits per heavy atom. The molecule has 0 bridgehead atoms. The van der Waals surface area contributed by atoms with Crippen molar-refractivity contribution in [2.24, 2.45) is 0 Å². The molecule has 1 aromatic heterocycles. The number of carboxylic acid groups (broad SMARTS) is 1. The third-order valence-corrected chi connectivity index (χ3v) is 3.55. The maximum atomic E-state index is 11.0. The molecule has 0 fully saturated rings. The summed E-state index contributed by atoms with van der Waals surface area (Å²) in [7, 11) is 0. The predicted molar refractivity (Wildman–Crippen MR) is 73.7 cm³/mol. The SMILES string of the molecule is Cc1nn(Cc2cc(Cl)cc3c2OCC3)cc1C(=O)O. The molecule has 0 amide bonds. The van der Waals surface area contributed by atoms with Gasteiger partial charge < -0.3 is 9.84 Å². The molecular weight excluding hydrogens is 280 g/mol. The van der Waals surface area contributed by atoms with Crippen LogP contribution in [0.1, 0.15) is 27.2 Å². The lowest BCUT2D eigenvalue weighted by molar-refractivity contribution is 0.0696. The van der Waals surface area contributed by atoms with Crippen LogP contribution >= 0.6 is 11.6 Å². The van der Waals surface area contributed by atoms with Crippen LogP contribution in [0.5, 0.6) is 5.75 Å². The highest BCUT2D eigenvalue weighted by Gasteiger charge is 2.19. The van der Waals surface area contributed by atoms with Crippen molar-refractivity contribution in [2.45, 2.75) is 19.9 Å². The summed E-state index contributed by atoms with van der Waals surface area (Å²) in [6, 6.07) is 3.74. The van der Waals surface area contributed by atoms with Gasteiger partial charge >= 0.3 is 5.97 Å². The number of hydrogen-bond acceptors (Lipinski definition) is 3. The Morgan fingerprint density at radius 2 is 2.35 bits per heavy atom. The van der Waals surface area contributed by atoms with E-state index in [1.165, 1.54) is 6.20 Å². The first kappa shape index (κ1) is 13.0. The summed E-state index contributed by atoms with van der Waals surface area (Å²) >= 11 is 6.10. The smallest absolute Gasteiger partial charge is 0.339 e. The minimum atomic E-state index is -0.971. The van der Waals surface area contributed by atoms with Crippen LogP contribution in [0.25, 0.3) is 0 Å². The maximum absolute atomic E-state index is 11.0. The molecule has 1 aliphatic rings. The number of aromatic nitrogens is 2. The Morgan fingerprint density at radius 3 is 3.05 bits per heavy atom. The fraction of sp³-hybridized carbons (Fsp3) is 0.286. The number of carboxylic acids is 1. The molecule has 1 aromatic carbocycles. The number of aryl methyl sites for hydroxylation is 1. The second kappa shape index (κ2) is 4.83. The number of rotatable bonds is 3. The van der Waals surface area contributed by atoms with Crippen LogP contribution in [-0.4, -0.2) is 27.5 Å². The molecule has 104 valence electrons. The molecule has 0 saturated carbocycles. The number of halogens is 1. The fourth-order valence-corrected chi connectivity index (χ4v) is 2.71. The maximum Gasteiger partial charge on any atom is 0.339 e. The largest absolute Gasteiger partial charge is 0.493 e. The van der Waals surface area contributed by atoms with Gasteiger partial charge in [-0.15, -0.1) is 0 Å². The summed E-state index contributed by atoms with van der Waals surface area (Å²) in [5.74, 6) is -0.124. The van der Waals surface area contributed by atoms with Gasteiger partial charge in [-0.25, -0.2) is 4.79 Å². The lowest BCUT2D eigenvalue weighted by atomic mass is 10.1. The number of hydrogen-bond donors (Lipinski definition) is 1. The molecule has 0 saturated heterocycles. The van der Waals surface area contributed by atoms with Gasteiger partial charge in [0.1, 0.15) is 11.3 Å². The number of carbonyl (C=O) groups is 1. The summed E-state index contributed by atoms with van der Waals surface area (Å²) in [5, 5.41) is 13.9. The molecule has 0 radical (unpaired) electrons. The van der Waals surface area contributed by atoms with Crippen molar-refractivity contribution in [1.29, 1.82) is 0 Å². The first-order valence-electron chi connectivity index (χ1n) is 6.26. The van der Waals surface area contributed by atoms with E-state index in [4.69, 9.17) is 21.4 Å². The molecule has 3 rings (SSSR count). The van der Waals surface area contributed by atoms with Gasteiger partial charge in [0.2, 0.25) is 0 Å². The van der Waals surface area contributed by atoms with E-state index < -0.39 is 5.97 Å². The Labute approximate surface area is 120 Å². The molecule has 2 aromatic rings. The van der Waals surface area contributed by atoms with Crippen molar-refractivity contribution < 1.29 is 14.6 Å². The van der Waals surface area contributed by atoms with Gasteiger partial charge in [-0.05, 0) is 24.6 Å². The molecule has 20 heavy (non-hydrogen) atoms. The molecular formula is C14H13ClN2O3. The number of aromatic carboxylic acids is 1. The zero-order valence-electron chi connectivity index (χ0n) is 10.9. The van der Waals surface area contributed by atoms with Gasteiger partial charge in [-0.2, -0.15) is 5.10 Å². The Balaban J connectivity index is 1.96. The molecule has 0 spiro atoms. The van der Waals surface area contributed by atoms with Gasteiger partial charge in [-0.3, -0.25) is 4.68 Å². The monoisotopic (exact) mass is 292 g/mol. The zero-order chi connectivity index (χ0) is 14.3. The third kappa shape index (κ3) is 2.25. The third-order valence-electron chi connectivity index (χ3n) is 3.33. The van der Waals surface area contributed by atoms with E-state index in [0.717, 1.165) is 23.3 Å². The van der Waals surface area contributed by atoms with Crippen LogP contribution < -0.4 is 4.74 Å². The van der Waals surface area contributed by atoms with E-state index >= 15 is 0 Å². The summed E-state index contributed by atoms with van der Waals surface area (Å²) in [5.41, 5.74) is 2.72. The van der Waals surface area contributed by atoms with Gasteiger partial charge in [-0.1, -0.05) is 11.6 Å². The lowest BCUT2D eigenvalue weighted by Crippen LogP contribution is -2.02. The molecule has 2 heterocycles. The van der Waals surface area contributed by atoms with E-state index in [1.807, 2.05) is 12.1 Å². The standard InChI is InChI=1S/C14H13ClN2O3/c1-8-12(14(18)19)7-17(16-8)6-10-5-11(15)4-9-2-3-20-13(9)10/h4-5,7H,2-3,6H2,1H3,(H,18,19). The van der Waals surface area contributed by atoms with Crippen molar-refractivity contribution in [3.63, 3.8) is 0 Å². The van der Waals surface area contributed by atoms with Crippen LogP contribution in [0.2, 0.25) is 5.02 Å². The highest BCUT2D eigenvalue weighted by molar-refractivity contribution is 6.30. The minimum Gasteiger partial charge on any atom is -0.493 e. The molecule has 0 atom stereocenters. The summed E-state index contributed by atoms with van der Waals surface area (Å²) < 4.78 is 7.23.